The molecule has 0 radical (unpaired) electrons. The lowest BCUT2D eigenvalue weighted by molar-refractivity contribution is 0.602. The van der Waals surface area contributed by atoms with Gasteiger partial charge in [-0.3, -0.25) is 0 Å². The molecule has 2 aliphatic carbocycles. The molecule has 0 heterocycles. The second kappa shape index (κ2) is 21.0. The van der Waals surface area contributed by atoms with Crippen molar-refractivity contribution in [2.24, 2.45) is 0 Å². The van der Waals surface area contributed by atoms with Crippen LogP contribution in [0.5, 0.6) is 0 Å². The number of anilines is 6. The first-order valence-electron chi connectivity index (χ1n) is 24.9. The Morgan fingerprint density at radius 3 is 0.912 bits per heavy atom. The van der Waals surface area contributed by atoms with Crippen LogP contribution >= 0.6 is 0 Å². The van der Waals surface area contributed by atoms with Crippen molar-refractivity contribution < 1.29 is 0 Å². The lowest BCUT2D eigenvalue weighted by Gasteiger charge is -2.34. The van der Waals surface area contributed by atoms with Gasteiger partial charge in [0.1, 0.15) is 0 Å². The third-order valence-corrected chi connectivity index (χ3v) is 14.0. The molecule has 0 aromatic heterocycles. The van der Waals surface area contributed by atoms with Crippen LogP contribution in [-0.2, 0) is 0 Å². The highest BCUT2D eigenvalue weighted by Gasteiger charge is 2.25. The molecule has 336 valence electrons. The zero-order valence-electron chi connectivity index (χ0n) is 39.8. The van der Waals surface area contributed by atoms with Crippen LogP contribution in [0.1, 0.15) is 109 Å². The SMILES string of the molecule is Cc1c(C)c(N(c2ccccc2)c2ccc(C=Cc3ccc(C=C4CCCCC4)cc3)cc2)c2ccccc2c1N(c1ccccc1)c1ccc(C=Cc2ccc(C=C3CCCCC3)cc2)cc1. The molecular formula is C66H62N2. The van der Waals surface area contributed by atoms with E-state index in [0.717, 1.165) is 22.7 Å². The lowest BCUT2D eigenvalue weighted by Crippen LogP contribution is -2.16. The Bertz CT molecular complexity index is 2850. The Balaban J connectivity index is 0.963. The monoisotopic (exact) mass is 882 g/mol. The van der Waals surface area contributed by atoms with E-state index in [-0.39, 0.29) is 0 Å². The normalized spacial score (nSPS) is 14.1. The molecule has 2 nitrogen and oxygen atoms in total. The van der Waals surface area contributed by atoms with Crippen LogP contribution in [-0.4, -0.2) is 0 Å². The standard InChI is InChI=1S/C66H62N2/c1-49-50(2)66(68(60-23-13-6-14-24-60)62-45-41-54(42-46-62)30-28-52-33-37-58(38-34-52)48-56-19-9-4-10-20-56)64-26-16-15-25-63(64)65(49)67(59-21-11-5-12-22-59)61-43-39-53(40-44-61)29-27-51-31-35-57(36-32-51)47-55-17-7-3-8-18-55/h5-6,11-16,21-48H,3-4,7-10,17-20H2,1-2H3. The van der Waals surface area contributed by atoms with Crippen molar-refractivity contribution in [1.29, 1.82) is 0 Å². The number of allylic oxidation sites excluding steroid dienone is 2. The molecule has 2 fully saturated rings. The van der Waals surface area contributed by atoms with E-state index >= 15 is 0 Å². The molecule has 2 saturated carbocycles. The maximum absolute atomic E-state index is 2.44. The van der Waals surface area contributed by atoms with Crippen LogP contribution in [0.15, 0.2) is 193 Å². The van der Waals surface area contributed by atoms with Gasteiger partial charge in [-0.05, 0) is 158 Å². The van der Waals surface area contributed by atoms with E-state index in [1.165, 1.54) is 131 Å². The minimum atomic E-state index is 1.12. The van der Waals surface area contributed by atoms with E-state index in [1.807, 2.05) is 0 Å². The molecule has 0 N–H and O–H groups in total. The number of benzene rings is 8. The van der Waals surface area contributed by atoms with Crippen LogP contribution in [0.3, 0.4) is 0 Å². The molecule has 0 spiro atoms. The summed E-state index contributed by atoms with van der Waals surface area (Å²) < 4.78 is 0. The Kier molecular flexibility index (Phi) is 13.7. The van der Waals surface area contributed by atoms with Gasteiger partial charge in [0.2, 0.25) is 0 Å². The first kappa shape index (κ1) is 44.4. The summed E-state index contributed by atoms with van der Waals surface area (Å²) >= 11 is 0. The van der Waals surface area contributed by atoms with Crippen LogP contribution in [0, 0.1) is 13.8 Å². The van der Waals surface area contributed by atoms with Gasteiger partial charge >= 0.3 is 0 Å². The highest BCUT2D eigenvalue weighted by molar-refractivity contribution is 6.10. The number of fused-ring (bicyclic) bond motifs is 1. The number of rotatable bonds is 12. The molecule has 0 unspecified atom stereocenters. The molecule has 10 rings (SSSR count). The van der Waals surface area contributed by atoms with Gasteiger partial charge < -0.3 is 9.80 Å². The van der Waals surface area contributed by atoms with E-state index in [1.54, 1.807) is 11.1 Å². The van der Waals surface area contributed by atoms with Gasteiger partial charge in [0, 0.05) is 33.5 Å². The lowest BCUT2D eigenvalue weighted by atomic mass is 9.93. The summed E-state index contributed by atoms with van der Waals surface area (Å²) in [4.78, 5) is 4.88. The van der Waals surface area contributed by atoms with E-state index in [0.29, 0.717) is 0 Å². The van der Waals surface area contributed by atoms with Gasteiger partial charge in [-0.2, -0.15) is 0 Å². The highest BCUT2D eigenvalue weighted by atomic mass is 15.2. The van der Waals surface area contributed by atoms with Gasteiger partial charge in [-0.15, -0.1) is 0 Å². The van der Waals surface area contributed by atoms with Crippen molar-refractivity contribution in [3.8, 4) is 0 Å². The summed E-state index contributed by atoms with van der Waals surface area (Å²) in [5.74, 6) is 0. The fraction of sp³-hybridized carbons (Fsp3) is 0.182. The van der Waals surface area contributed by atoms with Gasteiger partial charge in [-0.25, -0.2) is 0 Å². The summed E-state index contributed by atoms with van der Waals surface area (Å²) in [5, 5.41) is 2.39. The summed E-state index contributed by atoms with van der Waals surface area (Å²) in [6.07, 6.45) is 26.7. The van der Waals surface area contributed by atoms with Crippen molar-refractivity contribution >= 4 is 81.4 Å². The fourth-order valence-electron chi connectivity index (χ4n) is 10.2. The first-order chi connectivity index (χ1) is 33.5. The maximum atomic E-state index is 2.44. The molecule has 8 aromatic carbocycles. The van der Waals surface area contributed by atoms with Crippen LogP contribution < -0.4 is 9.80 Å². The zero-order chi connectivity index (χ0) is 46.1. The Hall–Kier alpha value is -7.42. The maximum Gasteiger partial charge on any atom is 0.0573 e. The topological polar surface area (TPSA) is 6.48 Å². The van der Waals surface area contributed by atoms with Crippen molar-refractivity contribution in [1.82, 2.24) is 0 Å². The Morgan fingerprint density at radius 1 is 0.294 bits per heavy atom. The molecule has 0 amide bonds. The third kappa shape index (κ3) is 10.3. The Morgan fingerprint density at radius 2 is 0.574 bits per heavy atom. The summed E-state index contributed by atoms with van der Waals surface area (Å²) in [6, 6.07) is 66.5. The van der Waals surface area contributed by atoms with Gasteiger partial charge in [-0.1, -0.05) is 194 Å². The second-order valence-corrected chi connectivity index (χ2v) is 18.7. The predicted molar refractivity (Wildman–Crippen MR) is 296 cm³/mol. The van der Waals surface area contributed by atoms with E-state index in [2.05, 4.69) is 242 Å². The summed E-state index contributed by atoms with van der Waals surface area (Å²) in [7, 11) is 0. The smallest absolute Gasteiger partial charge is 0.0573 e. The van der Waals surface area contributed by atoms with Crippen LogP contribution in [0.25, 0.3) is 47.2 Å². The second-order valence-electron chi connectivity index (χ2n) is 18.7. The fourth-order valence-corrected chi connectivity index (χ4v) is 10.2. The van der Waals surface area contributed by atoms with Crippen LogP contribution in [0.4, 0.5) is 34.1 Å². The average molecular weight is 883 g/mol. The summed E-state index contributed by atoms with van der Waals surface area (Å²) in [6.45, 7) is 4.59. The molecule has 0 aliphatic heterocycles. The molecular weight excluding hydrogens is 821 g/mol. The molecule has 0 saturated heterocycles. The molecule has 2 heteroatoms. The number of nitrogens with zero attached hydrogens (tertiary/aromatic N) is 2. The number of hydrogen-bond acceptors (Lipinski definition) is 2. The van der Waals surface area contributed by atoms with Crippen molar-refractivity contribution in [2.45, 2.75) is 78.1 Å². The molecule has 0 bridgehead atoms. The highest BCUT2D eigenvalue weighted by Crippen LogP contribution is 2.49. The van der Waals surface area contributed by atoms with Gasteiger partial charge in [0.15, 0.2) is 0 Å². The molecule has 2 aliphatic rings. The van der Waals surface area contributed by atoms with E-state index < -0.39 is 0 Å². The van der Waals surface area contributed by atoms with Crippen molar-refractivity contribution in [3.63, 3.8) is 0 Å². The summed E-state index contributed by atoms with van der Waals surface area (Å²) in [5.41, 5.74) is 19.9. The molecule has 0 atom stereocenters. The quantitative estimate of drug-likeness (QED) is 0.113. The van der Waals surface area contributed by atoms with E-state index in [4.69, 9.17) is 0 Å². The van der Waals surface area contributed by atoms with Gasteiger partial charge in [0.05, 0.1) is 11.4 Å². The van der Waals surface area contributed by atoms with Gasteiger partial charge in [0.25, 0.3) is 0 Å². The minimum absolute atomic E-state index is 1.12. The van der Waals surface area contributed by atoms with Crippen LogP contribution in [0.2, 0.25) is 0 Å². The zero-order valence-corrected chi connectivity index (χ0v) is 39.8. The molecule has 68 heavy (non-hydrogen) atoms. The third-order valence-electron chi connectivity index (χ3n) is 14.0. The Labute approximate surface area is 405 Å². The minimum Gasteiger partial charge on any atom is -0.310 e. The largest absolute Gasteiger partial charge is 0.310 e. The predicted octanol–water partition coefficient (Wildman–Crippen LogP) is 19.4. The number of para-hydroxylation sites is 2. The van der Waals surface area contributed by atoms with Crippen molar-refractivity contribution in [2.75, 3.05) is 9.80 Å². The first-order valence-corrected chi connectivity index (χ1v) is 24.9. The average Bonchev–Trinajstić information content (AvgIpc) is 3.40. The van der Waals surface area contributed by atoms with Crippen molar-refractivity contribution in [3.05, 3.63) is 238 Å². The number of hydrogen-bond donors (Lipinski definition) is 0. The molecule has 8 aromatic rings. The van der Waals surface area contributed by atoms with E-state index in [9.17, 15) is 0 Å².